The molecule has 0 aliphatic rings. The summed E-state index contributed by atoms with van der Waals surface area (Å²) in [4.78, 5) is 17.2. The number of anilines is 2. The molecule has 0 aliphatic heterocycles. The lowest BCUT2D eigenvalue weighted by molar-refractivity contribution is 0.579. The molecule has 0 radical (unpaired) electrons. The first-order chi connectivity index (χ1) is 13.5. The zero-order valence-electron chi connectivity index (χ0n) is 16.0. The van der Waals surface area contributed by atoms with Gasteiger partial charge in [0.2, 0.25) is 5.95 Å². The van der Waals surface area contributed by atoms with Gasteiger partial charge >= 0.3 is 0 Å². The average molecular weight is 378 g/mol. The quantitative estimate of drug-likeness (QED) is 0.523. The third-order valence-electron chi connectivity index (χ3n) is 4.16. The molecule has 0 bridgehead atoms. The summed E-state index contributed by atoms with van der Waals surface area (Å²) in [5, 5.41) is 12.0. The van der Waals surface area contributed by atoms with Crippen molar-refractivity contribution in [3.8, 4) is 17.1 Å². The van der Waals surface area contributed by atoms with Crippen molar-refractivity contribution >= 4 is 22.8 Å². The molecule has 10 nitrogen and oxygen atoms in total. The van der Waals surface area contributed by atoms with Crippen LogP contribution in [0.4, 0.5) is 11.6 Å². The van der Waals surface area contributed by atoms with Crippen LogP contribution >= 0.6 is 0 Å². The maximum Gasteiger partial charge on any atom is 0.222 e. The molecule has 0 aromatic carbocycles. The molecular weight excluding hydrogens is 356 g/mol. The molecule has 0 unspecified atom stereocenters. The molecule has 0 aliphatic carbocycles. The number of rotatable bonds is 6. The lowest BCUT2D eigenvalue weighted by Gasteiger charge is -2.15. The van der Waals surface area contributed by atoms with Gasteiger partial charge in [-0.1, -0.05) is 12.1 Å². The SMILES string of the molecule is CCCn1cc(-c2cnc(-n3cnc4cnc(N)nc43)cc2NC(C)C)nn1. The van der Waals surface area contributed by atoms with Gasteiger partial charge in [-0.2, -0.15) is 4.98 Å². The maximum absolute atomic E-state index is 5.74. The third-order valence-corrected chi connectivity index (χ3v) is 4.16. The molecule has 0 saturated carbocycles. The number of hydrogen-bond donors (Lipinski definition) is 2. The number of aromatic nitrogens is 8. The molecule has 4 rings (SSSR count). The highest BCUT2D eigenvalue weighted by molar-refractivity contribution is 5.77. The summed E-state index contributed by atoms with van der Waals surface area (Å²) in [6.45, 7) is 7.10. The van der Waals surface area contributed by atoms with Gasteiger partial charge in [0.05, 0.1) is 12.4 Å². The number of nitrogens with one attached hydrogen (secondary N) is 1. The van der Waals surface area contributed by atoms with E-state index in [2.05, 4.69) is 56.3 Å². The third kappa shape index (κ3) is 3.36. The predicted molar refractivity (Wildman–Crippen MR) is 107 cm³/mol. The number of nitrogens with zero attached hydrogens (tertiary/aromatic N) is 8. The van der Waals surface area contributed by atoms with Crippen LogP contribution < -0.4 is 11.1 Å². The minimum atomic E-state index is 0.193. The number of imidazole rings is 1. The first kappa shape index (κ1) is 17.8. The summed E-state index contributed by atoms with van der Waals surface area (Å²) in [6, 6.07) is 2.19. The monoisotopic (exact) mass is 378 g/mol. The normalized spacial score (nSPS) is 11.4. The molecule has 0 spiro atoms. The topological polar surface area (TPSA) is 125 Å². The van der Waals surface area contributed by atoms with E-state index >= 15 is 0 Å². The van der Waals surface area contributed by atoms with Gasteiger partial charge in [0.1, 0.15) is 23.4 Å². The summed E-state index contributed by atoms with van der Waals surface area (Å²) < 4.78 is 3.63. The number of pyridine rings is 1. The van der Waals surface area contributed by atoms with Gasteiger partial charge < -0.3 is 11.1 Å². The van der Waals surface area contributed by atoms with Crippen LogP contribution in [0.25, 0.3) is 28.2 Å². The van der Waals surface area contributed by atoms with E-state index in [0.717, 1.165) is 29.9 Å². The summed E-state index contributed by atoms with van der Waals surface area (Å²) in [5.74, 6) is 0.868. The van der Waals surface area contributed by atoms with Gasteiger partial charge in [0, 0.05) is 36.1 Å². The number of hydrogen-bond acceptors (Lipinski definition) is 8. The zero-order chi connectivity index (χ0) is 19.7. The standard InChI is InChI=1S/C18H22N10/c1-4-5-27-9-15(25-26-27)12-7-20-16(6-13(12)23-11(2)3)28-10-22-14-8-21-18(19)24-17(14)28/h6-11H,4-5H2,1-3H3,(H,20,23)(H2,19,21,24). The van der Waals surface area contributed by atoms with Gasteiger partial charge in [0.25, 0.3) is 0 Å². The number of aryl methyl sites for hydroxylation is 1. The first-order valence-electron chi connectivity index (χ1n) is 9.18. The minimum Gasteiger partial charge on any atom is -0.382 e. The molecule has 10 heteroatoms. The van der Waals surface area contributed by atoms with Crippen LogP contribution in [-0.2, 0) is 6.54 Å². The number of nitrogens with two attached hydrogens (primary N) is 1. The molecule has 0 saturated heterocycles. The summed E-state index contributed by atoms with van der Waals surface area (Å²) in [6.07, 6.45) is 7.98. The van der Waals surface area contributed by atoms with Crippen molar-refractivity contribution in [2.24, 2.45) is 0 Å². The van der Waals surface area contributed by atoms with Crippen LogP contribution in [0.2, 0.25) is 0 Å². The van der Waals surface area contributed by atoms with Crippen LogP contribution in [0.15, 0.2) is 31.0 Å². The van der Waals surface area contributed by atoms with Gasteiger partial charge in [-0.15, -0.1) is 5.10 Å². The Hall–Kier alpha value is -3.56. The second-order valence-electron chi connectivity index (χ2n) is 6.81. The van der Waals surface area contributed by atoms with Crippen molar-refractivity contribution in [2.45, 2.75) is 39.8 Å². The molecule has 4 heterocycles. The maximum atomic E-state index is 5.74. The average Bonchev–Trinajstić information content (AvgIpc) is 3.28. The van der Waals surface area contributed by atoms with E-state index in [1.165, 1.54) is 0 Å². The van der Waals surface area contributed by atoms with Crippen molar-refractivity contribution in [3.05, 3.63) is 31.0 Å². The van der Waals surface area contributed by atoms with Gasteiger partial charge in [-0.3, -0.25) is 9.25 Å². The molecule has 4 aromatic heterocycles. The van der Waals surface area contributed by atoms with E-state index in [0.29, 0.717) is 17.0 Å². The lowest BCUT2D eigenvalue weighted by Crippen LogP contribution is -2.12. The van der Waals surface area contributed by atoms with Crippen molar-refractivity contribution in [3.63, 3.8) is 0 Å². The Kier molecular flexibility index (Phi) is 4.60. The van der Waals surface area contributed by atoms with Crippen LogP contribution in [-0.4, -0.2) is 45.5 Å². The molecule has 0 fully saturated rings. The summed E-state index contributed by atoms with van der Waals surface area (Å²) in [5.41, 5.74) is 9.57. The number of nitrogen functional groups attached to an aromatic ring is 1. The van der Waals surface area contributed by atoms with Gasteiger partial charge in [-0.05, 0) is 20.3 Å². The van der Waals surface area contributed by atoms with Gasteiger partial charge in [0.15, 0.2) is 5.65 Å². The van der Waals surface area contributed by atoms with E-state index in [9.17, 15) is 0 Å². The van der Waals surface area contributed by atoms with E-state index < -0.39 is 0 Å². The highest BCUT2D eigenvalue weighted by Crippen LogP contribution is 2.28. The molecule has 144 valence electrons. The van der Waals surface area contributed by atoms with Crippen LogP contribution in [0.1, 0.15) is 27.2 Å². The molecule has 28 heavy (non-hydrogen) atoms. The fourth-order valence-electron chi connectivity index (χ4n) is 2.96. The lowest BCUT2D eigenvalue weighted by atomic mass is 10.1. The smallest absolute Gasteiger partial charge is 0.222 e. The Morgan fingerprint density at radius 3 is 2.82 bits per heavy atom. The van der Waals surface area contributed by atoms with Gasteiger partial charge in [-0.25, -0.2) is 15.0 Å². The minimum absolute atomic E-state index is 0.193. The highest BCUT2D eigenvalue weighted by Gasteiger charge is 2.15. The Bertz CT molecular complexity index is 1110. The van der Waals surface area contributed by atoms with Crippen molar-refractivity contribution in [1.82, 2.24) is 39.5 Å². The van der Waals surface area contributed by atoms with Crippen LogP contribution in [0.5, 0.6) is 0 Å². The summed E-state index contributed by atoms with van der Waals surface area (Å²) >= 11 is 0. The molecule has 0 atom stereocenters. The molecule has 0 amide bonds. The fourth-order valence-corrected chi connectivity index (χ4v) is 2.96. The van der Waals surface area contributed by atoms with Crippen molar-refractivity contribution in [1.29, 1.82) is 0 Å². The molecule has 4 aromatic rings. The Morgan fingerprint density at radius 2 is 2.04 bits per heavy atom. The predicted octanol–water partition coefficient (Wildman–Crippen LogP) is 2.28. The van der Waals surface area contributed by atoms with Crippen molar-refractivity contribution in [2.75, 3.05) is 11.1 Å². The first-order valence-corrected chi connectivity index (χ1v) is 9.18. The Morgan fingerprint density at radius 1 is 1.18 bits per heavy atom. The number of fused-ring (bicyclic) bond motifs is 1. The van der Waals surface area contributed by atoms with E-state index in [-0.39, 0.29) is 12.0 Å². The fraction of sp³-hybridized carbons (Fsp3) is 0.333. The zero-order valence-corrected chi connectivity index (χ0v) is 16.0. The van der Waals surface area contributed by atoms with Crippen molar-refractivity contribution < 1.29 is 0 Å². The van der Waals surface area contributed by atoms with E-state index in [1.54, 1.807) is 23.3 Å². The van der Waals surface area contributed by atoms with E-state index in [1.807, 2.05) is 16.9 Å². The van der Waals surface area contributed by atoms with Crippen LogP contribution in [0, 0.1) is 0 Å². The van der Waals surface area contributed by atoms with Crippen LogP contribution in [0.3, 0.4) is 0 Å². The second kappa shape index (κ2) is 7.22. The second-order valence-corrected chi connectivity index (χ2v) is 6.81. The summed E-state index contributed by atoms with van der Waals surface area (Å²) in [7, 11) is 0. The molecule has 3 N–H and O–H groups in total. The largest absolute Gasteiger partial charge is 0.382 e. The molecular formula is C18H22N10. The Labute approximate surface area is 161 Å². The highest BCUT2D eigenvalue weighted by atomic mass is 15.4. The van der Waals surface area contributed by atoms with E-state index in [4.69, 9.17) is 5.73 Å². The Balaban J connectivity index is 1.80.